The largest absolute Gasteiger partial charge is 0.491 e. The van der Waals surface area contributed by atoms with Gasteiger partial charge in [0, 0.05) is 12.1 Å². The van der Waals surface area contributed by atoms with Crippen molar-refractivity contribution in [3.63, 3.8) is 0 Å². The van der Waals surface area contributed by atoms with Crippen LogP contribution in [0.15, 0.2) is 54.6 Å². The second-order valence-electron chi connectivity index (χ2n) is 6.83. The van der Waals surface area contributed by atoms with Crippen molar-refractivity contribution >= 4 is 11.9 Å². The summed E-state index contributed by atoms with van der Waals surface area (Å²) in [4.78, 5) is 26.7. The summed E-state index contributed by atoms with van der Waals surface area (Å²) < 4.78 is 10.7. The van der Waals surface area contributed by atoms with E-state index in [0.29, 0.717) is 12.2 Å². The van der Waals surface area contributed by atoms with Crippen LogP contribution in [0.25, 0.3) is 0 Å². The zero-order chi connectivity index (χ0) is 20.5. The quantitative estimate of drug-likeness (QED) is 0.593. The number of ether oxygens (including phenoxy) is 2. The number of esters is 1. The first kappa shape index (κ1) is 21.5. The summed E-state index contributed by atoms with van der Waals surface area (Å²) in [5.74, 6) is 0.290. The second-order valence-corrected chi connectivity index (χ2v) is 6.83. The number of carbonyl (C=O) groups is 2. The molecule has 5 nitrogen and oxygen atoms in total. The van der Waals surface area contributed by atoms with Crippen LogP contribution < -0.4 is 4.74 Å². The Morgan fingerprint density at radius 3 is 2.18 bits per heavy atom. The summed E-state index contributed by atoms with van der Waals surface area (Å²) in [5, 5.41) is 0. The predicted molar refractivity (Wildman–Crippen MR) is 109 cm³/mol. The van der Waals surface area contributed by atoms with E-state index >= 15 is 0 Å². The molecule has 0 saturated heterocycles. The minimum Gasteiger partial charge on any atom is -0.491 e. The fourth-order valence-electron chi connectivity index (χ4n) is 2.94. The van der Waals surface area contributed by atoms with Gasteiger partial charge in [-0.2, -0.15) is 0 Å². The van der Waals surface area contributed by atoms with E-state index in [9.17, 15) is 9.59 Å². The van der Waals surface area contributed by atoms with Crippen molar-refractivity contribution in [3.8, 4) is 5.75 Å². The maximum atomic E-state index is 13.2. The molecule has 0 saturated carbocycles. The first-order valence-electron chi connectivity index (χ1n) is 9.70. The van der Waals surface area contributed by atoms with Gasteiger partial charge in [-0.05, 0) is 57.5 Å². The minimum atomic E-state index is -0.304. The monoisotopic (exact) mass is 383 g/mol. The average Bonchev–Trinajstić information content (AvgIpc) is 2.69. The summed E-state index contributed by atoms with van der Waals surface area (Å²) in [6.45, 7) is 8.27. The SMILES string of the molecule is CCOC(=O)CCN(C(=O)c1ccc(OC(C)C)cc1)C(C)c1ccccc1. The summed E-state index contributed by atoms with van der Waals surface area (Å²) >= 11 is 0. The second kappa shape index (κ2) is 10.5. The molecule has 0 bridgehead atoms. The molecule has 0 aromatic heterocycles. The molecule has 1 atom stereocenters. The van der Waals surface area contributed by atoms with Crippen molar-refractivity contribution in [2.75, 3.05) is 13.2 Å². The van der Waals surface area contributed by atoms with Crippen LogP contribution in [0.4, 0.5) is 0 Å². The van der Waals surface area contributed by atoms with E-state index in [1.54, 1.807) is 36.1 Å². The highest BCUT2D eigenvalue weighted by Crippen LogP contribution is 2.24. The van der Waals surface area contributed by atoms with Crippen LogP contribution in [0.3, 0.4) is 0 Å². The molecule has 1 unspecified atom stereocenters. The van der Waals surface area contributed by atoms with Gasteiger partial charge in [-0.15, -0.1) is 0 Å². The van der Waals surface area contributed by atoms with Crippen LogP contribution >= 0.6 is 0 Å². The van der Waals surface area contributed by atoms with Gasteiger partial charge in [0.1, 0.15) is 5.75 Å². The third kappa shape index (κ3) is 6.12. The van der Waals surface area contributed by atoms with Crippen molar-refractivity contribution < 1.29 is 19.1 Å². The van der Waals surface area contributed by atoms with E-state index in [1.807, 2.05) is 51.1 Å². The lowest BCUT2D eigenvalue weighted by molar-refractivity contribution is -0.143. The Morgan fingerprint density at radius 1 is 0.964 bits per heavy atom. The molecule has 0 spiro atoms. The number of nitrogens with zero attached hydrogens (tertiary/aromatic N) is 1. The molecule has 0 aliphatic rings. The van der Waals surface area contributed by atoms with Crippen LogP contribution in [0.1, 0.15) is 56.1 Å². The Bertz CT molecular complexity index is 756. The Labute approximate surface area is 167 Å². The molecule has 0 fully saturated rings. The van der Waals surface area contributed by atoms with Crippen molar-refractivity contribution in [2.24, 2.45) is 0 Å². The van der Waals surface area contributed by atoms with Gasteiger partial charge in [0.25, 0.3) is 5.91 Å². The molecule has 1 amide bonds. The van der Waals surface area contributed by atoms with Crippen molar-refractivity contribution in [1.82, 2.24) is 4.90 Å². The van der Waals surface area contributed by atoms with Crippen LogP contribution in [0.2, 0.25) is 0 Å². The van der Waals surface area contributed by atoms with Crippen LogP contribution in [-0.4, -0.2) is 36.0 Å². The molecule has 2 rings (SSSR count). The van der Waals surface area contributed by atoms with Crippen molar-refractivity contribution in [3.05, 3.63) is 65.7 Å². The van der Waals surface area contributed by atoms with Crippen LogP contribution in [0.5, 0.6) is 5.75 Å². The Balaban J connectivity index is 2.21. The van der Waals surface area contributed by atoms with Gasteiger partial charge in [-0.3, -0.25) is 9.59 Å². The highest BCUT2D eigenvalue weighted by molar-refractivity contribution is 5.94. The molecule has 0 aliphatic heterocycles. The highest BCUT2D eigenvalue weighted by atomic mass is 16.5. The molecule has 0 aliphatic carbocycles. The lowest BCUT2D eigenvalue weighted by Crippen LogP contribution is -2.35. The molecule has 0 N–H and O–H groups in total. The molecule has 0 heterocycles. The summed E-state index contributed by atoms with van der Waals surface area (Å²) in [6.07, 6.45) is 0.228. The first-order chi connectivity index (χ1) is 13.4. The van der Waals surface area contributed by atoms with E-state index < -0.39 is 0 Å². The lowest BCUT2D eigenvalue weighted by atomic mass is 10.0. The molecule has 0 radical (unpaired) electrons. The zero-order valence-electron chi connectivity index (χ0n) is 17.1. The Kier molecular flexibility index (Phi) is 8.05. The lowest BCUT2D eigenvalue weighted by Gasteiger charge is -2.29. The van der Waals surface area contributed by atoms with E-state index in [-0.39, 0.29) is 37.0 Å². The molecular formula is C23H29NO4. The van der Waals surface area contributed by atoms with Gasteiger partial charge in [0.05, 0.1) is 25.2 Å². The molecule has 28 heavy (non-hydrogen) atoms. The van der Waals surface area contributed by atoms with Gasteiger partial charge < -0.3 is 14.4 Å². The number of amides is 1. The van der Waals surface area contributed by atoms with E-state index in [4.69, 9.17) is 9.47 Å². The molecule has 2 aromatic rings. The molecule has 150 valence electrons. The predicted octanol–water partition coefficient (Wildman–Crippen LogP) is 4.63. The minimum absolute atomic E-state index is 0.0701. The summed E-state index contributed by atoms with van der Waals surface area (Å²) in [6, 6.07) is 16.7. The molecule has 2 aromatic carbocycles. The fourth-order valence-corrected chi connectivity index (χ4v) is 2.94. The van der Waals surface area contributed by atoms with Crippen molar-refractivity contribution in [1.29, 1.82) is 0 Å². The van der Waals surface area contributed by atoms with E-state index in [2.05, 4.69) is 0 Å². The zero-order valence-corrected chi connectivity index (χ0v) is 17.1. The fraction of sp³-hybridized carbons (Fsp3) is 0.391. The van der Waals surface area contributed by atoms with Crippen LogP contribution in [0, 0.1) is 0 Å². The molecular weight excluding hydrogens is 354 g/mol. The average molecular weight is 383 g/mol. The van der Waals surface area contributed by atoms with E-state index in [0.717, 1.165) is 11.3 Å². The summed E-state index contributed by atoms with van der Waals surface area (Å²) in [7, 11) is 0. The standard InChI is InChI=1S/C23H29NO4/c1-5-27-22(25)15-16-24(18(4)19-9-7-6-8-10-19)23(26)20-11-13-21(14-12-20)28-17(2)3/h6-14,17-18H,5,15-16H2,1-4H3. The first-order valence-corrected chi connectivity index (χ1v) is 9.70. The number of carbonyl (C=O) groups excluding carboxylic acids is 2. The number of hydrogen-bond acceptors (Lipinski definition) is 4. The topological polar surface area (TPSA) is 55.8 Å². The number of benzene rings is 2. The van der Waals surface area contributed by atoms with Gasteiger partial charge in [0.15, 0.2) is 0 Å². The Hall–Kier alpha value is -2.82. The highest BCUT2D eigenvalue weighted by Gasteiger charge is 2.23. The third-order valence-corrected chi connectivity index (χ3v) is 4.35. The van der Waals surface area contributed by atoms with Gasteiger partial charge in [0.2, 0.25) is 0 Å². The van der Waals surface area contributed by atoms with Gasteiger partial charge in [-0.1, -0.05) is 30.3 Å². The normalized spacial score (nSPS) is 11.8. The maximum absolute atomic E-state index is 13.2. The number of rotatable bonds is 9. The summed E-state index contributed by atoms with van der Waals surface area (Å²) in [5.41, 5.74) is 1.57. The smallest absolute Gasteiger partial charge is 0.307 e. The molecule has 5 heteroatoms. The number of hydrogen-bond donors (Lipinski definition) is 0. The van der Waals surface area contributed by atoms with Gasteiger partial charge in [-0.25, -0.2) is 0 Å². The van der Waals surface area contributed by atoms with Crippen molar-refractivity contribution in [2.45, 2.75) is 46.3 Å². The van der Waals surface area contributed by atoms with E-state index in [1.165, 1.54) is 0 Å². The maximum Gasteiger partial charge on any atom is 0.307 e. The third-order valence-electron chi connectivity index (χ3n) is 4.35. The Morgan fingerprint density at radius 2 is 1.61 bits per heavy atom. The van der Waals surface area contributed by atoms with Gasteiger partial charge >= 0.3 is 5.97 Å². The van der Waals surface area contributed by atoms with Crippen LogP contribution in [-0.2, 0) is 9.53 Å².